The van der Waals surface area contributed by atoms with E-state index in [1.165, 1.54) is 11.8 Å². The molecule has 1 atom stereocenters. The molecule has 2 aromatic carbocycles. The average Bonchev–Trinajstić information content (AvgIpc) is 2.63. The van der Waals surface area contributed by atoms with Gasteiger partial charge in [0.25, 0.3) is 0 Å². The Kier molecular flexibility index (Phi) is 5.28. The molecule has 0 aromatic heterocycles. The molecule has 1 N–H and O–H groups in total. The maximum atomic E-state index is 12.4. The summed E-state index contributed by atoms with van der Waals surface area (Å²) in [4.78, 5) is 25.2. The Labute approximate surface area is 150 Å². The molecule has 1 aliphatic heterocycles. The highest BCUT2D eigenvalue weighted by molar-refractivity contribution is 8.01. The minimum atomic E-state index is -0.384. The first-order valence-electron chi connectivity index (χ1n) is 8.02. The highest BCUT2D eigenvalue weighted by Crippen LogP contribution is 2.37. The van der Waals surface area contributed by atoms with Crippen molar-refractivity contribution in [3.63, 3.8) is 0 Å². The minimum Gasteiger partial charge on any atom is -0.497 e. The van der Waals surface area contributed by atoms with Crippen LogP contribution < -0.4 is 10.1 Å². The van der Waals surface area contributed by atoms with Crippen LogP contribution in [0, 0.1) is 0 Å². The van der Waals surface area contributed by atoms with E-state index in [0.29, 0.717) is 24.3 Å². The Morgan fingerprint density at radius 3 is 2.64 bits per heavy atom. The van der Waals surface area contributed by atoms with E-state index in [1.807, 2.05) is 30.3 Å². The normalized spacial score (nSPS) is 15.9. The van der Waals surface area contributed by atoms with E-state index >= 15 is 0 Å². The molecule has 2 aromatic rings. The number of carbonyl (C=O) groups excluding carboxylic acids is 2. The van der Waals surface area contributed by atoms with Gasteiger partial charge in [0.15, 0.2) is 0 Å². The average molecular weight is 357 g/mol. The molecule has 0 radical (unpaired) electrons. The van der Waals surface area contributed by atoms with Crippen molar-refractivity contribution in [3.8, 4) is 5.75 Å². The molecule has 1 amide bonds. The number of anilines is 1. The maximum absolute atomic E-state index is 12.4. The summed E-state index contributed by atoms with van der Waals surface area (Å²) < 4.78 is 10.1. The van der Waals surface area contributed by atoms with Crippen LogP contribution in [0.5, 0.6) is 5.75 Å². The smallest absolute Gasteiger partial charge is 0.338 e. The molecule has 0 aliphatic carbocycles. The fourth-order valence-electron chi connectivity index (χ4n) is 2.60. The van der Waals surface area contributed by atoms with E-state index < -0.39 is 0 Å². The zero-order valence-corrected chi connectivity index (χ0v) is 14.9. The number of esters is 1. The van der Waals surface area contributed by atoms with E-state index in [-0.39, 0.29) is 17.1 Å². The lowest BCUT2D eigenvalue weighted by molar-refractivity contribution is -0.115. The third-order valence-corrected chi connectivity index (χ3v) is 5.17. The Morgan fingerprint density at radius 2 is 1.96 bits per heavy atom. The van der Waals surface area contributed by atoms with Crippen LogP contribution in [-0.4, -0.2) is 30.8 Å². The van der Waals surface area contributed by atoms with Gasteiger partial charge in [0.05, 0.1) is 30.2 Å². The van der Waals surface area contributed by atoms with Crippen LogP contribution in [0.25, 0.3) is 0 Å². The van der Waals surface area contributed by atoms with Crippen LogP contribution in [0.1, 0.15) is 22.8 Å². The fraction of sp³-hybridized carbons (Fsp3) is 0.263. The number of thioether (sulfide) groups is 1. The molecule has 0 fully saturated rings. The number of hydrogen-bond acceptors (Lipinski definition) is 5. The SMILES string of the molecule is CCOC(=O)c1ccc2c(c1)NC(=O)C(Cc1ccc(OC)cc1)S2. The molecule has 25 heavy (non-hydrogen) atoms. The Balaban J connectivity index is 1.74. The summed E-state index contributed by atoms with van der Waals surface area (Å²) in [7, 11) is 1.63. The molecule has 130 valence electrons. The van der Waals surface area contributed by atoms with Gasteiger partial charge >= 0.3 is 5.97 Å². The zero-order chi connectivity index (χ0) is 17.8. The van der Waals surface area contributed by atoms with Crippen LogP contribution >= 0.6 is 11.8 Å². The van der Waals surface area contributed by atoms with Crippen LogP contribution in [0.4, 0.5) is 5.69 Å². The molecule has 0 bridgehead atoms. The van der Waals surface area contributed by atoms with Crippen LogP contribution in [0.15, 0.2) is 47.4 Å². The number of amides is 1. The van der Waals surface area contributed by atoms with Gasteiger partial charge in [-0.15, -0.1) is 11.8 Å². The highest BCUT2D eigenvalue weighted by Gasteiger charge is 2.27. The summed E-state index contributed by atoms with van der Waals surface area (Å²) in [6.07, 6.45) is 0.625. The van der Waals surface area contributed by atoms with Crippen molar-refractivity contribution in [2.75, 3.05) is 19.0 Å². The van der Waals surface area contributed by atoms with Crippen molar-refractivity contribution in [1.29, 1.82) is 0 Å². The number of nitrogens with one attached hydrogen (secondary N) is 1. The van der Waals surface area contributed by atoms with Crippen molar-refractivity contribution in [1.82, 2.24) is 0 Å². The quantitative estimate of drug-likeness (QED) is 0.830. The molecule has 3 rings (SSSR count). The molecule has 1 aliphatic rings. The largest absolute Gasteiger partial charge is 0.497 e. The second-order valence-electron chi connectivity index (χ2n) is 5.58. The highest BCUT2D eigenvalue weighted by atomic mass is 32.2. The standard InChI is InChI=1S/C19H19NO4S/c1-3-24-19(22)13-6-9-16-15(11-13)20-18(21)17(25-16)10-12-4-7-14(23-2)8-5-12/h4-9,11,17H,3,10H2,1-2H3,(H,20,21). The summed E-state index contributed by atoms with van der Waals surface area (Å²) >= 11 is 1.51. The van der Waals surface area contributed by atoms with E-state index in [0.717, 1.165) is 16.2 Å². The molecular formula is C19H19NO4S. The molecule has 0 saturated carbocycles. The summed E-state index contributed by atoms with van der Waals surface area (Å²) in [5, 5.41) is 2.68. The molecule has 0 spiro atoms. The first-order chi connectivity index (χ1) is 12.1. The third kappa shape index (κ3) is 3.96. The minimum absolute atomic E-state index is 0.0608. The predicted molar refractivity (Wildman–Crippen MR) is 97.4 cm³/mol. The van der Waals surface area contributed by atoms with Gasteiger partial charge in [-0.25, -0.2) is 4.79 Å². The fourth-order valence-corrected chi connectivity index (χ4v) is 3.73. The van der Waals surface area contributed by atoms with Gasteiger partial charge in [0, 0.05) is 4.90 Å². The van der Waals surface area contributed by atoms with Gasteiger partial charge in [-0.1, -0.05) is 12.1 Å². The molecular weight excluding hydrogens is 338 g/mol. The number of methoxy groups -OCH3 is 1. The Morgan fingerprint density at radius 1 is 1.20 bits per heavy atom. The Hall–Kier alpha value is -2.47. The third-order valence-electron chi connectivity index (χ3n) is 3.89. The second kappa shape index (κ2) is 7.61. The second-order valence-corrected chi connectivity index (χ2v) is 6.82. The summed E-state index contributed by atoms with van der Waals surface area (Å²) in [6, 6.07) is 13.0. The number of fused-ring (bicyclic) bond motifs is 1. The van der Waals surface area contributed by atoms with Gasteiger partial charge in [0.2, 0.25) is 5.91 Å². The summed E-state index contributed by atoms with van der Waals surface area (Å²) in [5.74, 6) is 0.348. The van der Waals surface area contributed by atoms with Crippen molar-refractivity contribution in [2.24, 2.45) is 0 Å². The Bertz CT molecular complexity index is 789. The van der Waals surface area contributed by atoms with E-state index in [1.54, 1.807) is 26.2 Å². The molecule has 5 nitrogen and oxygen atoms in total. The number of ether oxygens (including phenoxy) is 2. The van der Waals surface area contributed by atoms with Crippen LogP contribution in [0.3, 0.4) is 0 Å². The monoisotopic (exact) mass is 357 g/mol. The van der Waals surface area contributed by atoms with Gasteiger partial charge in [0.1, 0.15) is 5.75 Å². The number of rotatable bonds is 5. The van der Waals surface area contributed by atoms with Gasteiger partial charge in [-0.2, -0.15) is 0 Å². The molecule has 1 unspecified atom stereocenters. The number of benzene rings is 2. The number of carbonyl (C=O) groups is 2. The topological polar surface area (TPSA) is 64.6 Å². The van der Waals surface area contributed by atoms with Crippen molar-refractivity contribution < 1.29 is 19.1 Å². The molecule has 0 saturated heterocycles. The number of hydrogen-bond donors (Lipinski definition) is 1. The van der Waals surface area contributed by atoms with Crippen LogP contribution in [0.2, 0.25) is 0 Å². The van der Waals surface area contributed by atoms with Crippen LogP contribution in [-0.2, 0) is 16.0 Å². The zero-order valence-electron chi connectivity index (χ0n) is 14.1. The van der Waals surface area contributed by atoms with Gasteiger partial charge < -0.3 is 14.8 Å². The summed E-state index contributed by atoms with van der Waals surface area (Å²) in [6.45, 7) is 2.08. The van der Waals surface area contributed by atoms with E-state index in [4.69, 9.17) is 9.47 Å². The maximum Gasteiger partial charge on any atom is 0.338 e. The molecule has 6 heteroatoms. The van der Waals surface area contributed by atoms with E-state index in [2.05, 4.69) is 5.32 Å². The first kappa shape index (κ1) is 17.4. The molecule has 1 heterocycles. The first-order valence-corrected chi connectivity index (χ1v) is 8.90. The summed E-state index contributed by atoms with van der Waals surface area (Å²) in [5.41, 5.74) is 2.17. The van der Waals surface area contributed by atoms with Gasteiger partial charge in [-0.05, 0) is 49.2 Å². The van der Waals surface area contributed by atoms with Crippen molar-refractivity contribution in [2.45, 2.75) is 23.5 Å². The lowest BCUT2D eigenvalue weighted by Gasteiger charge is -2.24. The lowest BCUT2D eigenvalue weighted by Crippen LogP contribution is -2.30. The van der Waals surface area contributed by atoms with Gasteiger partial charge in [-0.3, -0.25) is 4.79 Å². The van der Waals surface area contributed by atoms with Crippen molar-refractivity contribution >= 4 is 29.3 Å². The van der Waals surface area contributed by atoms with E-state index in [9.17, 15) is 9.59 Å². The van der Waals surface area contributed by atoms with Crippen molar-refractivity contribution in [3.05, 3.63) is 53.6 Å². The lowest BCUT2D eigenvalue weighted by atomic mass is 10.1. The predicted octanol–water partition coefficient (Wildman–Crippen LogP) is 3.53.